The van der Waals surface area contributed by atoms with Crippen LogP contribution in [0.2, 0.25) is 0 Å². The Bertz CT molecular complexity index is 1050. The zero-order valence-electron chi connectivity index (χ0n) is 30.9. The normalized spacial score (nSPS) is 12.0. The number of ether oxygens (including phenoxy) is 11. The molecule has 0 fully saturated rings. The van der Waals surface area contributed by atoms with Gasteiger partial charge in [-0.05, 0) is 39.8 Å². The Morgan fingerprint density at radius 3 is 1.12 bits per heavy atom. The molecule has 0 aliphatic carbocycles. The van der Waals surface area contributed by atoms with Crippen molar-refractivity contribution in [3.63, 3.8) is 0 Å². The third-order valence-electron chi connectivity index (χ3n) is 6.04. The number of amides is 1. The molecule has 0 saturated heterocycles. The second-order valence-corrected chi connectivity index (χ2v) is 13.3. The van der Waals surface area contributed by atoms with E-state index < -0.39 is 21.8 Å². The van der Waals surface area contributed by atoms with Crippen LogP contribution in [0.3, 0.4) is 0 Å². The summed E-state index contributed by atoms with van der Waals surface area (Å²) in [6.07, 6.45) is -0.459. The minimum Gasteiger partial charge on any atom is -0.444 e. The van der Waals surface area contributed by atoms with Crippen LogP contribution in [-0.2, 0) is 66.4 Å². The van der Waals surface area contributed by atoms with Crippen LogP contribution in [0.25, 0.3) is 0 Å². The van der Waals surface area contributed by atoms with Crippen LogP contribution in [0.4, 0.5) is 4.79 Å². The molecule has 0 aliphatic rings. The van der Waals surface area contributed by atoms with Gasteiger partial charge in [0, 0.05) is 6.54 Å². The maximum Gasteiger partial charge on any atom is 0.407 e. The van der Waals surface area contributed by atoms with Gasteiger partial charge in [0.2, 0.25) is 0 Å². The Labute approximate surface area is 304 Å². The van der Waals surface area contributed by atoms with Gasteiger partial charge >= 0.3 is 6.09 Å². The molecule has 0 aromatic heterocycles. The molecule has 17 heteroatoms. The summed E-state index contributed by atoms with van der Waals surface area (Å²) in [5.74, 6) is 0. The summed E-state index contributed by atoms with van der Waals surface area (Å²) in [6, 6.07) is 6.47. The lowest BCUT2D eigenvalue weighted by Gasteiger charge is -2.19. The lowest BCUT2D eigenvalue weighted by Crippen LogP contribution is -2.34. The largest absolute Gasteiger partial charge is 0.444 e. The lowest BCUT2D eigenvalue weighted by molar-refractivity contribution is -0.0266. The predicted molar refractivity (Wildman–Crippen MR) is 187 cm³/mol. The number of carbonyl (C=O) groups is 1. The first-order valence-corrected chi connectivity index (χ1v) is 18.7. The van der Waals surface area contributed by atoms with Crippen LogP contribution >= 0.6 is 0 Å². The van der Waals surface area contributed by atoms with E-state index in [0.717, 1.165) is 5.56 Å². The molecule has 0 radical (unpaired) electrons. The highest BCUT2D eigenvalue weighted by molar-refractivity contribution is 7.86. The van der Waals surface area contributed by atoms with Crippen molar-refractivity contribution in [1.82, 2.24) is 5.32 Å². The number of hydrogen-bond acceptors (Lipinski definition) is 15. The van der Waals surface area contributed by atoms with Crippen LogP contribution in [0.15, 0.2) is 29.2 Å². The zero-order valence-corrected chi connectivity index (χ0v) is 31.7. The number of carbonyl (C=O) groups excluding carboxylic acids is 1. The molecule has 16 nitrogen and oxygen atoms in total. The monoisotopic (exact) mass is 755 g/mol. The molecule has 0 bridgehead atoms. The molecule has 0 atom stereocenters. The molecular weight excluding hydrogens is 694 g/mol. The van der Waals surface area contributed by atoms with Crippen molar-refractivity contribution in [2.24, 2.45) is 0 Å². The van der Waals surface area contributed by atoms with Crippen molar-refractivity contribution in [3.8, 4) is 0 Å². The van der Waals surface area contributed by atoms with Crippen molar-refractivity contribution in [1.29, 1.82) is 0 Å². The smallest absolute Gasteiger partial charge is 0.407 e. The summed E-state index contributed by atoms with van der Waals surface area (Å²) in [5, 5.41) is 2.62. The van der Waals surface area contributed by atoms with E-state index in [2.05, 4.69) is 5.32 Å². The van der Waals surface area contributed by atoms with Gasteiger partial charge in [0.1, 0.15) is 5.60 Å². The second-order valence-electron chi connectivity index (χ2n) is 11.6. The standard InChI is InChI=1S/C34H61NO15S/c1-31-5-7-32(8-6-31)51(37,38)49-30-29-48-28-27-47-26-25-46-24-23-45-22-21-44-20-19-43-18-17-42-16-15-41-14-13-40-12-11-39-10-9-35-33(36)50-34(2,3)4/h5-8H,9-30H2,1-4H3,(H,35,36). The van der Waals surface area contributed by atoms with Gasteiger partial charge in [-0.1, -0.05) is 17.7 Å². The topological polar surface area (TPSA) is 174 Å². The molecule has 0 aliphatic heterocycles. The lowest BCUT2D eigenvalue weighted by atomic mass is 10.2. The fraction of sp³-hybridized carbons (Fsp3) is 0.794. The molecule has 1 aromatic carbocycles. The first-order chi connectivity index (χ1) is 24.6. The van der Waals surface area contributed by atoms with Crippen molar-refractivity contribution < 1.29 is 69.5 Å². The molecular formula is C34H61NO15S. The third-order valence-corrected chi connectivity index (χ3v) is 7.36. The van der Waals surface area contributed by atoms with E-state index in [1.54, 1.807) is 12.1 Å². The van der Waals surface area contributed by atoms with Crippen LogP contribution in [-0.4, -0.2) is 165 Å². The number of aryl methyl sites for hydroxylation is 1. The highest BCUT2D eigenvalue weighted by Gasteiger charge is 2.16. The summed E-state index contributed by atoms with van der Waals surface area (Å²) in [6.45, 7) is 16.1. The number of benzene rings is 1. The molecule has 51 heavy (non-hydrogen) atoms. The summed E-state index contributed by atoms with van der Waals surface area (Å²) in [5.41, 5.74) is 0.453. The first kappa shape index (κ1) is 47.0. The molecule has 1 rings (SSSR count). The maximum absolute atomic E-state index is 12.1. The average molecular weight is 756 g/mol. The SMILES string of the molecule is Cc1ccc(S(=O)(=O)OCCOCCOCCOCCOCCOCCOCCOCCOCCOCCOCCNC(=O)OC(C)(C)C)cc1. The van der Waals surface area contributed by atoms with E-state index in [-0.39, 0.29) is 18.1 Å². The Hall–Kier alpha value is -2.00. The van der Waals surface area contributed by atoms with E-state index in [1.165, 1.54) is 12.1 Å². The molecule has 1 amide bonds. The van der Waals surface area contributed by atoms with Crippen molar-refractivity contribution in [3.05, 3.63) is 29.8 Å². The van der Waals surface area contributed by atoms with E-state index in [0.29, 0.717) is 132 Å². The summed E-state index contributed by atoms with van der Waals surface area (Å²) in [7, 11) is -3.78. The van der Waals surface area contributed by atoms with Gasteiger partial charge in [-0.25, -0.2) is 4.79 Å². The van der Waals surface area contributed by atoms with Gasteiger partial charge in [0.25, 0.3) is 10.1 Å². The van der Waals surface area contributed by atoms with Gasteiger partial charge in [-0.15, -0.1) is 0 Å². The minimum atomic E-state index is -3.78. The number of alkyl carbamates (subject to hydrolysis) is 1. The van der Waals surface area contributed by atoms with Crippen LogP contribution in [0.1, 0.15) is 26.3 Å². The molecule has 0 spiro atoms. The van der Waals surface area contributed by atoms with E-state index in [1.807, 2.05) is 27.7 Å². The summed E-state index contributed by atoms with van der Waals surface area (Å²) in [4.78, 5) is 11.6. The van der Waals surface area contributed by atoms with Crippen LogP contribution < -0.4 is 5.32 Å². The average Bonchev–Trinajstić information content (AvgIpc) is 3.07. The Balaban J connectivity index is 1.68. The molecule has 1 N–H and O–H groups in total. The van der Waals surface area contributed by atoms with Crippen molar-refractivity contribution in [2.45, 2.75) is 38.2 Å². The van der Waals surface area contributed by atoms with Crippen LogP contribution in [0.5, 0.6) is 0 Å². The van der Waals surface area contributed by atoms with Crippen LogP contribution in [0, 0.1) is 6.92 Å². The second kappa shape index (κ2) is 31.5. The number of rotatable bonds is 35. The van der Waals surface area contributed by atoms with E-state index >= 15 is 0 Å². The first-order valence-electron chi connectivity index (χ1n) is 17.3. The van der Waals surface area contributed by atoms with E-state index in [4.69, 9.17) is 56.3 Å². The minimum absolute atomic E-state index is 0.0646. The van der Waals surface area contributed by atoms with Gasteiger partial charge in [-0.3, -0.25) is 4.18 Å². The third kappa shape index (κ3) is 31.3. The molecule has 1 aromatic rings. The van der Waals surface area contributed by atoms with Gasteiger partial charge in [-0.2, -0.15) is 8.42 Å². The summed E-state index contributed by atoms with van der Waals surface area (Å²) >= 11 is 0. The molecule has 298 valence electrons. The number of hydrogen-bond donors (Lipinski definition) is 1. The van der Waals surface area contributed by atoms with E-state index in [9.17, 15) is 13.2 Å². The fourth-order valence-electron chi connectivity index (χ4n) is 3.60. The van der Waals surface area contributed by atoms with Gasteiger partial charge in [0.15, 0.2) is 0 Å². The highest BCUT2D eigenvalue weighted by Crippen LogP contribution is 2.13. The summed E-state index contributed by atoms with van der Waals surface area (Å²) < 4.78 is 88.6. The highest BCUT2D eigenvalue weighted by atomic mass is 32.2. The van der Waals surface area contributed by atoms with Gasteiger partial charge < -0.3 is 57.4 Å². The molecule has 0 unspecified atom stereocenters. The Morgan fingerprint density at radius 2 is 0.804 bits per heavy atom. The Morgan fingerprint density at radius 1 is 0.510 bits per heavy atom. The fourth-order valence-corrected chi connectivity index (χ4v) is 4.49. The molecule has 0 heterocycles. The predicted octanol–water partition coefficient (Wildman–Crippen LogP) is 2.39. The quantitative estimate of drug-likeness (QED) is 0.0790. The molecule has 0 saturated carbocycles. The number of nitrogens with one attached hydrogen (secondary N) is 1. The van der Waals surface area contributed by atoms with Gasteiger partial charge in [0.05, 0.1) is 144 Å². The van der Waals surface area contributed by atoms with Crippen molar-refractivity contribution >= 4 is 16.2 Å². The van der Waals surface area contributed by atoms with Crippen molar-refractivity contribution in [2.75, 3.05) is 145 Å². The maximum atomic E-state index is 12.1. The Kier molecular flexibility index (Phi) is 29.1. The zero-order chi connectivity index (χ0) is 37.3.